The number of anilines is 2. The van der Waals surface area contributed by atoms with Gasteiger partial charge in [-0.3, -0.25) is 20.4 Å². The van der Waals surface area contributed by atoms with Crippen molar-refractivity contribution in [2.75, 3.05) is 23.5 Å². The number of aryl methyl sites for hydroxylation is 2. The van der Waals surface area contributed by atoms with Crippen LogP contribution in [0, 0.1) is 19.8 Å². The molecule has 3 aromatic carbocycles. The van der Waals surface area contributed by atoms with E-state index in [2.05, 4.69) is 10.9 Å². The number of benzene rings is 3. The molecule has 194 valence electrons. The van der Waals surface area contributed by atoms with E-state index in [1.54, 1.807) is 29.2 Å². The first-order valence-electron chi connectivity index (χ1n) is 12.0. The number of carbonyl (C=O) groups is 2. The lowest BCUT2D eigenvalue weighted by molar-refractivity contribution is -0.125. The number of hydrazine groups is 1. The topological polar surface area (TPSA) is 79.9 Å². The van der Waals surface area contributed by atoms with Crippen LogP contribution in [0.3, 0.4) is 0 Å². The minimum absolute atomic E-state index is 0.0766. The summed E-state index contributed by atoms with van der Waals surface area (Å²) in [5, 5.41) is 0.975. The molecule has 1 aliphatic heterocycles. The van der Waals surface area contributed by atoms with Gasteiger partial charge in [0.15, 0.2) is 11.5 Å². The average molecular weight is 542 g/mol. The van der Waals surface area contributed by atoms with Crippen LogP contribution in [0.4, 0.5) is 11.4 Å². The summed E-state index contributed by atoms with van der Waals surface area (Å²) in [7, 11) is 0. The van der Waals surface area contributed by atoms with Gasteiger partial charge < -0.3 is 14.4 Å². The highest BCUT2D eigenvalue weighted by molar-refractivity contribution is 6.32. The molecule has 1 saturated heterocycles. The Labute approximate surface area is 226 Å². The van der Waals surface area contributed by atoms with Crippen molar-refractivity contribution in [3.63, 3.8) is 0 Å². The van der Waals surface area contributed by atoms with Crippen LogP contribution in [-0.2, 0) is 16.2 Å². The molecule has 1 heterocycles. The Balaban J connectivity index is 1.39. The van der Waals surface area contributed by atoms with Gasteiger partial charge in [-0.05, 0) is 67.8 Å². The number of rotatable bonds is 9. The minimum Gasteiger partial charge on any atom is -0.490 e. The van der Waals surface area contributed by atoms with Crippen LogP contribution in [0.15, 0.2) is 54.6 Å². The Bertz CT molecular complexity index is 1300. The molecule has 0 aromatic heterocycles. The molecule has 2 N–H and O–H groups in total. The molecule has 0 aliphatic carbocycles. The summed E-state index contributed by atoms with van der Waals surface area (Å²) in [6.45, 7) is 6.89. The number of nitrogens with one attached hydrogen (secondary N) is 2. The van der Waals surface area contributed by atoms with Gasteiger partial charge in [0.2, 0.25) is 11.8 Å². The number of ether oxygens (including phenoxy) is 2. The third-order valence-electron chi connectivity index (χ3n) is 6.23. The van der Waals surface area contributed by atoms with Gasteiger partial charge in [0.05, 0.1) is 23.2 Å². The van der Waals surface area contributed by atoms with Crippen molar-refractivity contribution < 1.29 is 19.1 Å². The number of carbonyl (C=O) groups excluding carboxylic acids is 2. The summed E-state index contributed by atoms with van der Waals surface area (Å²) in [6, 6.07) is 16.5. The van der Waals surface area contributed by atoms with Crippen molar-refractivity contribution in [2.24, 2.45) is 5.92 Å². The molecule has 1 aliphatic rings. The monoisotopic (exact) mass is 541 g/mol. The van der Waals surface area contributed by atoms with Crippen molar-refractivity contribution >= 4 is 46.4 Å². The lowest BCUT2D eigenvalue weighted by Crippen LogP contribution is -2.36. The predicted molar refractivity (Wildman–Crippen MR) is 147 cm³/mol. The SMILES string of the molecule is CCOc1cc(NNC(=O)[C@@H]2CC(=O)N(c3ccc(C)c(C)c3)C2)cc(Cl)c1OCc1ccc(Cl)cc1. The molecule has 3 aromatic rings. The summed E-state index contributed by atoms with van der Waals surface area (Å²) in [4.78, 5) is 27.1. The zero-order chi connectivity index (χ0) is 26.5. The molecule has 0 unspecified atom stereocenters. The molecular formula is C28H29Cl2N3O4. The molecule has 37 heavy (non-hydrogen) atoms. The Morgan fingerprint density at radius 1 is 1.03 bits per heavy atom. The third kappa shape index (κ3) is 6.48. The van der Waals surface area contributed by atoms with Crippen LogP contribution in [0.25, 0.3) is 0 Å². The van der Waals surface area contributed by atoms with Crippen LogP contribution >= 0.6 is 23.2 Å². The van der Waals surface area contributed by atoms with Crippen molar-refractivity contribution in [3.05, 3.63) is 81.3 Å². The first-order valence-corrected chi connectivity index (χ1v) is 12.8. The summed E-state index contributed by atoms with van der Waals surface area (Å²) < 4.78 is 11.7. The molecule has 0 bridgehead atoms. The largest absolute Gasteiger partial charge is 0.490 e. The molecule has 0 spiro atoms. The van der Waals surface area contributed by atoms with Crippen LogP contribution in [0.5, 0.6) is 11.5 Å². The number of hydrogen-bond donors (Lipinski definition) is 2. The van der Waals surface area contributed by atoms with E-state index < -0.39 is 5.92 Å². The number of hydrogen-bond acceptors (Lipinski definition) is 5. The van der Waals surface area contributed by atoms with Gasteiger partial charge >= 0.3 is 0 Å². The van der Waals surface area contributed by atoms with E-state index in [1.807, 2.05) is 51.1 Å². The lowest BCUT2D eigenvalue weighted by atomic mass is 10.1. The first kappa shape index (κ1) is 26.6. The fourth-order valence-corrected chi connectivity index (χ4v) is 4.43. The quantitative estimate of drug-likeness (QED) is 0.320. The van der Waals surface area contributed by atoms with Gasteiger partial charge in [-0.1, -0.05) is 41.4 Å². The zero-order valence-corrected chi connectivity index (χ0v) is 22.4. The fraction of sp³-hybridized carbons (Fsp3) is 0.286. The molecule has 9 heteroatoms. The molecule has 2 amide bonds. The molecule has 4 rings (SSSR count). The van der Waals surface area contributed by atoms with Crippen LogP contribution in [0.1, 0.15) is 30.0 Å². The Kier molecular flexibility index (Phi) is 8.46. The smallest absolute Gasteiger partial charge is 0.243 e. The van der Waals surface area contributed by atoms with Crippen molar-refractivity contribution in [1.82, 2.24) is 5.43 Å². The highest BCUT2D eigenvalue weighted by atomic mass is 35.5. The average Bonchev–Trinajstić information content (AvgIpc) is 3.26. The van der Waals surface area contributed by atoms with Gasteiger partial charge in [-0.25, -0.2) is 0 Å². The van der Waals surface area contributed by atoms with Crippen molar-refractivity contribution in [2.45, 2.75) is 33.8 Å². The van der Waals surface area contributed by atoms with E-state index in [-0.39, 0.29) is 24.8 Å². The maximum Gasteiger partial charge on any atom is 0.243 e. The number of amides is 2. The highest BCUT2D eigenvalue weighted by Crippen LogP contribution is 2.39. The number of nitrogens with zero attached hydrogens (tertiary/aromatic N) is 1. The Morgan fingerprint density at radius 3 is 2.49 bits per heavy atom. The van der Waals surface area contributed by atoms with Gasteiger partial charge in [-0.15, -0.1) is 0 Å². The van der Waals surface area contributed by atoms with E-state index in [0.717, 1.165) is 22.4 Å². The van der Waals surface area contributed by atoms with Gasteiger partial charge in [0.1, 0.15) is 6.61 Å². The van der Waals surface area contributed by atoms with E-state index in [1.165, 1.54) is 0 Å². The maximum atomic E-state index is 12.9. The molecule has 1 fully saturated rings. The molecule has 7 nitrogen and oxygen atoms in total. The number of halogens is 2. The molecule has 0 saturated carbocycles. The molecule has 1 atom stereocenters. The molecular weight excluding hydrogens is 513 g/mol. The van der Waals surface area contributed by atoms with Gasteiger partial charge in [-0.2, -0.15) is 0 Å². The second-order valence-corrected chi connectivity index (χ2v) is 9.77. The fourth-order valence-electron chi connectivity index (χ4n) is 4.04. The van der Waals surface area contributed by atoms with Crippen LogP contribution in [-0.4, -0.2) is 25.0 Å². The highest BCUT2D eigenvalue weighted by Gasteiger charge is 2.35. The zero-order valence-electron chi connectivity index (χ0n) is 20.9. The minimum atomic E-state index is -0.481. The second-order valence-electron chi connectivity index (χ2n) is 8.92. The standard InChI is InChI=1S/C28H29Cl2N3O4/c1-4-36-25-14-22(13-24(30)27(25)37-16-19-6-8-21(29)9-7-19)31-32-28(35)20-12-26(34)33(15-20)23-10-5-17(2)18(3)11-23/h5-11,13-14,20,31H,4,12,15-16H2,1-3H3,(H,32,35)/t20-/m1/s1. The van der Waals surface area contributed by atoms with Gasteiger partial charge in [0.25, 0.3) is 0 Å². The predicted octanol–water partition coefficient (Wildman–Crippen LogP) is 6.08. The van der Waals surface area contributed by atoms with Crippen molar-refractivity contribution in [1.29, 1.82) is 0 Å². The Hall–Kier alpha value is -3.42. The van der Waals surface area contributed by atoms with E-state index in [9.17, 15) is 9.59 Å². The van der Waals surface area contributed by atoms with Crippen LogP contribution in [0.2, 0.25) is 10.0 Å². The van der Waals surface area contributed by atoms with Crippen LogP contribution < -0.4 is 25.2 Å². The summed E-state index contributed by atoms with van der Waals surface area (Å²) in [5.74, 6) is 0.00737. The summed E-state index contributed by atoms with van der Waals surface area (Å²) in [5.41, 5.74) is 10.1. The first-order chi connectivity index (χ1) is 17.7. The summed E-state index contributed by atoms with van der Waals surface area (Å²) >= 11 is 12.5. The van der Waals surface area contributed by atoms with E-state index >= 15 is 0 Å². The molecule has 0 radical (unpaired) electrons. The third-order valence-corrected chi connectivity index (χ3v) is 6.77. The van der Waals surface area contributed by atoms with E-state index in [0.29, 0.717) is 40.4 Å². The van der Waals surface area contributed by atoms with Crippen molar-refractivity contribution in [3.8, 4) is 11.5 Å². The lowest BCUT2D eigenvalue weighted by Gasteiger charge is -2.19. The normalized spacial score (nSPS) is 15.0. The Morgan fingerprint density at radius 2 is 1.78 bits per heavy atom. The maximum absolute atomic E-state index is 12.9. The summed E-state index contributed by atoms with van der Waals surface area (Å²) in [6.07, 6.45) is 0.142. The van der Waals surface area contributed by atoms with Gasteiger partial charge in [0, 0.05) is 29.7 Å². The van der Waals surface area contributed by atoms with E-state index in [4.69, 9.17) is 32.7 Å². The second kappa shape index (κ2) is 11.8.